The van der Waals surface area contributed by atoms with Gasteiger partial charge in [-0.15, -0.1) is 0 Å². The highest BCUT2D eigenvalue weighted by Crippen LogP contribution is 2.23. The van der Waals surface area contributed by atoms with Gasteiger partial charge in [-0.25, -0.2) is 8.42 Å². The quantitative estimate of drug-likeness (QED) is 0.607. The third-order valence-electron chi connectivity index (χ3n) is 3.98. The second kappa shape index (κ2) is 7.27. The van der Waals surface area contributed by atoms with E-state index < -0.39 is 20.4 Å². The van der Waals surface area contributed by atoms with Gasteiger partial charge in [0.25, 0.3) is 11.6 Å². The smallest absolute Gasteiger partial charge is 0.271 e. The van der Waals surface area contributed by atoms with Crippen LogP contribution >= 0.6 is 0 Å². The summed E-state index contributed by atoms with van der Waals surface area (Å²) in [5, 5.41) is 14.3. The van der Waals surface area contributed by atoms with Gasteiger partial charge in [-0.3, -0.25) is 14.9 Å². The molecule has 2 rings (SSSR count). The van der Waals surface area contributed by atoms with Gasteiger partial charge < -0.3 is 10.2 Å². The van der Waals surface area contributed by atoms with Crippen molar-refractivity contribution in [2.45, 2.75) is 30.7 Å². The molecular weight excluding hydrogens is 334 g/mol. The Kier molecular flexibility index (Phi) is 5.55. The molecule has 1 atom stereocenters. The van der Waals surface area contributed by atoms with Crippen molar-refractivity contribution in [1.29, 1.82) is 0 Å². The first-order chi connectivity index (χ1) is 11.2. The van der Waals surface area contributed by atoms with Gasteiger partial charge in [0.2, 0.25) is 0 Å². The molecule has 0 bridgehead atoms. The Morgan fingerprint density at radius 1 is 1.42 bits per heavy atom. The van der Waals surface area contributed by atoms with Crippen LogP contribution in [-0.2, 0) is 9.84 Å². The average molecular weight is 355 g/mol. The molecule has 8 nitrogen and oxygen atoms in total. The molecule has 24 heavy (non-hydrogen) atoms. The van der Waals surface area contributed by atoms with E-state index in [4.69, 9.17) is 0 Å². The minimum Gasteiger partial charge on any atom is -0.334 e. The van der Waals surface area contributed by atoms with Gasteiger partial charge in [-0.2, -0.15) is 0 Å². The summed E-state index contributed by atoms with van der Waals surface area (Å²) in [5.74, 6) is -0.376. The molecule has 1 fully saturated rings. The number of non-ortho nitro benzene ring substituents is 1. The Bertz CT molecular complexity index is 741. The van der Waals surface area contributed by atoms with Crippen molar-refractivity contribution < 1.29 is 18.1 Å². The van der Waals surface area contributed by atoms with Gasteiger partial charge in [0.15, 0.2) is 9.84 Å². The van der Waals surface area contributed by atoms with E-state index in [2.05, 4.69) is 5.32 Å². The van der Waals surface area contributed by atoms with E-state index in [0.29, 0.717) is 13.1 Å². The largest absolute Gasteiger partial charge is 0.334 e. The van der Waals surface area contributed by atoms with Gasteiger partial charge in [0, 0.05) is 43.1 Å². The van der Waals surface area contributed by atoms with Crippen molar-refractivity contribution in [3.8, 4) is 0 Å². The molecule has 1 aliphatic heterocycles. The molecule has 1 saturated heterocycles. The van der Waals surface area contributed by atoms with Crippen LogP contribution in [0, 0.1) is 10.1 Å². The van der Waals surface area contributed by atoms with Crippen LogP contribution < -0.4 is 5.32 Å². The van der Waals surface area contributed by atoms with Crippen LogP contribution in [0.2, 0.25) is 0 Å². The number of nitrogens with zero attached hydrogens (tertiary/aromatic N) is 2. The number of hydrogen-bond acceptors (Lipinski definition) is 6. The lowest BCUT2D eigenvalue weighted by molar-refractivity contribution is -0.385. The number of nitro groups is 1. The molecule has 1 aromatic rings. The fourth-order valence-corrected chi connectivity index (χ4v) is 3.46. The number of nitro benzene ring substituents is 1. The summed E-state index contributed by atoms with van der Waals surface area (Å²) in [6.45, 7) is 3.93. The van der Waals surface area contributed by atoms with E-state index in [1.165, 1.54) is 6.07 Å². The highest BCUT2D eigenvalue weighted by Gasteiger charge is 2.28. The predicted octanol–water partition coefficient (Wildman–Crippen LogP) is 1.21. The van der Waals surface area contributed by atoms with Gasteiger partial charge in [-0.1, -0.05) is 6.92 Å². The van der Waals surface area contributed by atoms with Crippen molar-refractivity contribution in [2.24, 2.45) is 0 Å². The zero-order valence-corrected chi connectivity index (χ0v) is 14.5. The van der Waals surface area contributed by atoms with Crippen LogP contribution in [0.3, 0.4) is 0 Å². The monoisotopic (exact) mass is 355 g/mol. The van der Waals surface area contributed by atoms with Gasteiger partial charge >= 0.3 is 0 Å². The number of amides is 1. The van der Waals surface area contributed by atoms with Crippen molar-refractivity contribution >= 4 is 21.4 Å². The molecule has 0 radical (unpaired) electrons. The van der Waals surface area contributed by atoms with Crippen molar-refractivity contribution in [2.75, 3.05) is 25.9 Å². The SMILES string of the molecule is CCCN(C(=O)c1cc([N+](=O)[O-])cc(S(C)(=O)=O)c1)C1CCNC1. The number of sulfone groups is 1. The van der Waals surface area contributed by atoms with Gasteiger partial charge in [0.05, 0.1) is 9.82 Å². The summed E-state index contributed by atoms with van der Waals surface area (Å²) in [6.07, 6.45) is 2.51. The Hall–Kier alpha value is -2.00. The second-order valence-corrected chi connectivity index (χ2v) is 7.91. The summed E-state index contributed by atoms with van der Waals surface area (Å²) in [5.41, 5.74) is -0.368. The van der Waals surface area contributed by atoms with Crippen LogP contribution in [0.4, 0.5) is 5.69 Å². The Balaban J connectivity index is 2.46. The normalized spacial score (nSPS) is 17.7. The second-order valence-electron chi connectivity index (χ2n) is 5.89. The van der Waals surface area contributed by atoms with Crippen LogP contribution in [0.25, 0.3) is 0 Å². The number of carbonyl (C=O) groups is 1. The topological polar surface area (TPSA) is 110 Å². The summed E-state index contributed by atoms with van der Waals surface area (Å²) in [6, 6.07) is 3.35. The van der Waals surface area contributed by atoms with E-state index in [1.807, 2.05) is 6.92 Å². The van der Waals surface area contributed by atoms with Crippen LogP contribution in [-0.4, -0.2) is 56.1 Å². The molecule has 1 unspecified atom stereocenters. The first kappa shape index (κ1) is 18.3. The molecule has 1 N–H and O–H groups in total. The molecule has 1 aromatic carbocycles. The Morgan fingerprint density at radius 3 is 2.62 bits per heavy atom. The fraction of sp³-hybridized carbons (Fsp3) is 0.533. The number of rotatable bonds is 6. The highest BCUT2D eigenvalue weighted by atomic mass is 32.2. The van der Waals surface area contributed by atoms with Crippen molar-refractivity contribution in [3.63, 3.8) is 0 Å². The van der Waals surface area contributed by atoms with Gasteiger partial charge in [-0.05, 0) is 25.5 Å². The lowest BCUT2D eigenvalue weighted by Gasteiger charge is -2.28. The molecule has 1 heterocycles. The molecule has 0 saturated carbocycles. The number of carbonyl (C=O) groups excluding carboxylic acids is 1. The predicted molar refractivity (Wildman–Crippen MR) is 88.8 cm³/mol. The Morgan fingerprint density at radius 2 is 2.12 bits per heavy atom. The van der Waals surface area contributed by atoms with E-state index in [1.54, 1.807) is 4.90 Å². The zero-order chi connectivity index (χ0) is 17.9. The number of hydrogen-bond donors (Lipinski definition) is 1. The van der Waals surface area contributed by atoms with E-state index >= 15 is 0 Å². The molecule has 0 spiro atoms. The maximum atomic E-state index is 12.9. The number of benzene rings is 1. The molecule has 1 amide bonds. The molecule has 0 aromatic heterocycles. The van der Waals surface area contributed by atoms with Crippen LogP contribution in [0.15, 0.2) is 23.1 Å². The van der Waals surface area contributed by atoms with Crippen molar-refractivity contribution in [1.82, 2.24) is 10.2 Å². The van der Waals surface area contributed by atoms with E-state index in [0.717, 1.165) is 37.8 Å². The Labute approximate surface area is 140 Å². The third kappa shape index (κ3) is 4.09. The molecule has 132 valence electrons. The molecule has 9 heteroatoms. The van der Waals surface area contributed by atoms with Crippen molar-refractivity contribution in [3.05, 3.63) is 33.9 Å². The van der Waals surface area contributed by atoms with Gasteiger partial charge in [0.1, 0.15) is 0 Å². The summed E-state index contributed by atoms with van der Waals surface area (Å²) < 4.78 is 23.6. The molecule has 0 aliphatic carbocycles. The standard InChI is InChI=1S/C15H21N3O5S/c1-3-6-17(12-4-5-16-10-12)15(19)11-7-13(18(20)21)9-14(8-11)24(2,22)23/h7-9,12,16H,3-6,10H2,1-2H3. The third-order valence-corrected chi connectivity index (χ3v) is 5.07. The van der Waals surface area contributed by atoms with Crippen LogP contribution in [0.1, 0.15) is 30.1 Å². The maximum absolute atomic E-state index is 12.9. The summed E-state index contributed by atoms with van der Waals surface area (Å²) in [7, 11) is -3.66. The zero-order valence-electron chi connectivity index (χ0n) is 13.7. The summed E-state index contributed by atoms with van der Waals surface area (Å²) >= 11 is 0. The summed E-state index contributed by atoms with van der Waals surface area (Å²) in [4.78, 5) is 24.7. The first-order valence-electron chi connectivity index (χ1n) is 7.75. The highest BCUT2D eigenvalue weighted by molar-refractivity contribution is 7.90. The lowest BCUT2D eigenvalue weighted by atomic mass is 10.1. The maximum Gasteiger partial charge on any atom is 0.271 e. The minimum atomic E-state index is -3.66. The van der Waals surface area contributed by atoms with E-state index in [9.17, 15) is 23.3 Å². The number of nitrogens with one attached hydrogen (secondary N) is 1. The fourth-order valence-electron chi connectivity index (χ4n) is 2.79. The minimum absolute atomic E-state index is 0.0124. The van der Waals surface area contributed by atoms with E-state index in [-0.39, 0.29) is 22.4 Å². The first-order valence-corrected chi connectivity index (χ1v) is 9.64. The molecular formula is C15H21N3O5S. The average Bonchev–Trinajstić information content (AvgIpc) is 3.04. The van der Waals surface area contributed by atoms with Crippen LogP contribution in [0.5, 0.6) is 0 Å². The lowest BCUT2D eigenvalue weighted by Crippen LogP contribution is -2.42. The molecule has 1 aliphatic rings.